The molecule has 1 aliphatic heterocycles. The van der Waals surface area contributed by atoms with E-state index >= 15 is 0 Å². The van der Waals surface area contributed by atoms with Crippen LogP contribution in [-0.2, 0) is 11.3 Å². The highest BCUT2D eigenvalue weighted by molar-refractivity contribution is 5.82. The molecular formula is C10H12N2O2. The molecule has 14 heavy (non-hydrogen) atoms. The molecular weight excluding hydrogens is 180 g/mol. The predicted octanol–water partition coefficient (Wildman–Crippen LogP) is 0.175. The summed E-state index contributed by atoms with van der Waals surface area (Å²) in [6.07, 6.45) is 3.15. The molecule has 1 N–H and O–H groups in total. The molecule has 4 nitrogen and oxygen atoms in total. The van der Waals surface area contributed by atoms with E-state index in [2.05, 4.69) is 4.98 Å². The molecule has 1 amide bonds. The van der Waals surface area contributed by atoms with Crippen LogP contribution in [0.2, 0.25) is 0 Å². The first kappa shape index (κ1) is 9.15. The Balaban J connectivity index is 2.02. The number of hydrogen-bond donors (Lipinski definition) is 1. The summed E-state index contributed by atoms with van der Waals surface area (Å²) in [5.41, 5.74) is 1.04. The van der Waals surface area contributed by atoms with E-state index in [1.807, 2.05) is 12.1 Å². The van der Waals surface area contributed by atoms with Crippen molar-refractivity contribution in [2.45, 2.75) is 19.1 Å². The van der Waals surface area contributed by atoms with Crippen molar-refractivity contribution in [3.8, 4) is 0 Å². The lowest BCUT2D eigenvalue weighted by molar-refractivity contribution is -0.134. The number of likely N-dealkylation sites (tertiary alicyclic amines) is 1. The van der Waals surface area contributed by atoms with E-state index in [-0.39, 0.29) is 5.91 Å². The molecule has 0 spiro atoms. The number of aliphatic hydroxyl groups is 1. The average Bonchev–Trinajstić information content (AvgIpc) is 2.52. The maximum absolute atomic E-state index is 11.4. The first-order valence-corrected chi connectivity index (χ1v) is 4.63. The van der Waals surface area contributed by atoms with Crippen molar-refractivity contribution < 1.29 is 9.90 Å². The largest absolute Gasteiger partial charge is 0.383 e. The molecule has 1 fully saturated rings. The Hall–Kier alpha value is -1.42. The van der Waals surface area contributed by atoms with E-state index in [4.69, 9.17) is 0 Å². The van der Waals surface area contributed by atoms with E-state index in [0.29, 0.717) is 19.5 Å². The van der Waals surface area contributed by atoms with Crippen LogP contribution in [0.15, 0.2) is 24.5 Å². The van der Waals surface area contributed by atoms with Gasteiger partial charge in [-0.15, -0.1) is 0 Å². The Bertz CT molecular complexity index is 326. The normalized spacial score (nSPS) is 21.6. The SMILES string of the molecule is O=C1C(O)CCN1Cc1ccncc1. The zero-order valence-corrected chi connectivity index (χ0v) is 7.76. The minimum Gasteiger partial charge on any atom is -0.383 e. The highest BCUT2D eigenvalue weighted by Gasteiger charge is 2.29. The zero-order valence-electron chi connectivity index (χ0n) is 7.76. The Labute approximate surface area is 82.2 Å². The van der Waals surface area contributed by atoms with E-state index in [1.54, 1.807) is 17.3 Å². The number of aliphatic hydroxyl groups excluding tert-OH is 1. The highest BCUT2D eigenvalue weighted by atomic mass is 16.3. The van der Waals surface area contributed by atoms with Gasteiger partial charge in [-0.2, -0.15) is 0 Å². The standard InChI is InChI=1S/C10H12N2O2/c13-9-3-6-12(10(9)14)7-8-1-4-11-5-2-8/h1-2,4-5,9,13H,3,6-7H2. The predicted molar refractivity (Wildman–Crippen MR) is 50.3 cm³/mol. The second-order valence-corrected chi connectivity index (χ2v) is 3.42. The van der Waals surface area contributed by atoms with E-state index < -0.39 is 6.10 Å². The van der Waals surface area contributed by atoms with Gasteiger partial charge in [0, 0.05) is 25.5 Å². The summed E-state index contributed by atoms with van der Waals surface area (Å²) in [5, 5.41) is 9.24. The summed E-state index contributed by atoms with van der Waals surface area (Å²) in [7, 11) is 0. The molecule has 1 unspecified atom stereocenters. The third-order valence-electron chi connectivity index (χ3n) is 2.39. The Morgan fingerprint density at radius 1 is 1.50 bits per heavy atom. The fraction of sp³-hybridized carbons (Fsp3) is 0.400. The number of nitrogens with zero attached hydrogens (tertiary/aromatic N) is 2. The summed E-state index contributed by atoms with van der Waals surface area (Å²) in [4.78, 5) is 16.9. The van der Waals surface area contributed by atoms with Gasteiger partial charge in [0.15, 0.2) is 0 Å². The topological polar surface area (TPSA) is 53.4 Å². The van der Waals surface area contributed by atoms with Crippen molar-refractivity contribution in [3.63, 3.8) is 0 Å². The molecule has 0 saturated carbocycles. The number of amides is 1. The van der Waals surface area contributed by atoms with E-state index in [9.17, 15) is 9.90 Å². The van der Waals surface area contributed by atoms with Crippen LogP contribution in [0, 0.1) is 0 Å². The number of pyridine rings is 1. The lowest BCUT2D eigenvalue weighted by atomic mass is 10.2. The van der Waals surface area contributed by atoms with Crippen molar-refractivity contribution >= 4 is 5.91 Å². The monoisotopic (exact) mass is 192 g/mol. The second kappa shape index (κ2) is 3.75. The zero-order chi connectivity index (χ0) is 9.97. The maximum atomic E-state index is 11.4. The lowest BCUT2D eigenvalue weighted by Gasteiger charge is -2.15. The van der Waals surface area contributed by atoms with Gasteiger partial charge in [-0.25, -0.2) is 0 Å². The lowest BCUT2D eigenvalue weighted by Crippen LogP contribution is -2.28. The van der Waals surface area contributed by atoms with Crippen molar-refractivity contribution in [1.29, 1.82) is 0 Å². The molecule has 1 atom stereocenters. The number of rotatable bonds is 2. The molecule has 4 heteroatoms. The molecule has 0 aromatic carbocycles. The van der Waals surface area contributed by atoms with Crippen LogP contribution >= 0.6 is 0 Å². The summed E-state index contributed by atoms with van der Waals surface area (Å²) >= 11 is 0. The van der Waals surface area contributed by atoms with Crippen LogP contribution in [0.3, 0.4) is 0 Å². The minimum absolute atomic E-state index is 0.165. The van der Waals surface area contributed by atoms with Crippen molar-refractivity contribution in [3.05, 3.63) is 30.1 Å². The van der Waals surface area contributed by atoms with E-state index in [0.717, 1.165) is 5.56 Å². The molecule has 74 valence electrons. The fourth-order valence-electron chi connectivity index (χ4n) is 1.59. The molecule has 2 heterocycles. The van der Waals surface area contributed by atoms with E-state index in [1.165, 1.54) is 0 Å². The summed E-state index contributed by atoms with van der Waals surface area (Å²) in [5.74, 6) is -0.165. The summed E-state index contributed by atoms with van der Waals surface area (Å²) in [6, 6.07) is 3.75. The highest BCUT2D eigenvalue weighted by Crippen LogP contribution is 2.14. The third-order valence-corrected chi connectivity index (χ3v) is 2.39. The molecule has 1 aromatic rings. The van der Waals surface area contributed by atoms with Gasteiger partial charge >= 0.3 is 0 Å². The third kappa shape index (κ3) is 1.75. The fourth-order valence-corrected chi connectivity index (χ4v) is 1.59. The van der Waals surface area contributed by atoms with Crippen LogP contribution in [0.1, 0.15) is 12.0 Å². The molecule has 1 saturated heterocycles. The number of hydrogen-bond acceptors (Lipinski definition) is 3. The van der Waals surface area contributed by atoms with Gasteiger partial charge in [-0.3, -0.25) is 9.78 Å². The van der Waals surface area contributed by atoms with Gasteiger partial charge in [-0.05, 0) is 24.1 Å². The minimum atomic E-state index is -0.795. The molecule has 1 aliphatic rings. The smallest absolute Gasteiger partial charge is 0.251 e. The number of aromatic nitrogens is 1. The van der Waals surface area contributed by atoms with Crippen LogP contribution < -0.4 is 0 Å². The average molecular weight is 192 g/mol. The molecule has 0 bridgehead atoms. The molecule has 0 radical (unpaired) electrons. The number of carbonyl (C=O) groups excluding carboxylic acids is 1. The quantitative estimate of drug-likeness (QED) is 0.727. The Morgan fingerprint density at radius 2 is 2.21 bits per heavy atom. The Kier molecular flexibility index (Phi) is 2.45. The maximum Gasteiger partial charge on any atom is 0.251 e. The first-order chi connectivity index (χ1) is 6.77. The van der Waals surface area contributed by atoms with Crippen LogP contribution in [0.4, 0.5) is 0 Å². The molecule has 2 rings (SSSR count). The van der Waals surface area contributed by atoms with Crippen LogP contribution in [0.25, 0.3) is 0 Å². The number of carbonyl (C=O) groups is 1. The van der Waals surface area contributed by atoms with Gasteiger partial charge < -0.3 is 10.0 Å². The first-order valence-electron chi connectivity index (χ1n) is 4.63. The summed E-state index contributed by atoms with van der Waals surface area (Å²) < 4.78 is 0. The molecule has 1 aromatic heterocycles. The summed E-state index contributed by atoms with van der Waals surface area (Å²) in [6.45, 7) is 1.21. The Morgan fingerprint density at radius 3 is 2.79 bits per heavy atom. The molecule has 0 aliphatic carbocycles. The van der Waals surface area contributed by atoms with Crippen LogP contribution in [-0.4, -0.2) is 33.5 Å². The van der Waals surface area contributed by atoms with Crippen molar-refractivity contribution in [2.75, 3.05) is 6.54 Å². The van der Waals surface area contributed by atoms with Gasteiger partial charge in [0.25, 0.3) is 5.91 Å². The van der Waals surface area contributed by atoms with Gasteiger partial charge in [0.05, 0.1) is 0 Å². The second-order valence-electron chi connectivity index (χ2n) is 3.42. The van der Waals surface area contributed by atoms with Gasteiger partial charge in [0.2, 0.25) is 0 Å². The van der Waals surface area contributed by atoms with Gasteiger partial charge in [-0.1, -0.05) is 0 Å². The van der Waals surface area contributed by atoms with Crippen molar-refractivity contribution in [2.24, 2.45) is 0 Å². The van der Waals surface area contributed by atoms with Gasteiger partial charge in [0.1, 0.15) is 6.10 Å². The van der Waals surface area contributed by atoms with Crippen molar-refractivity contribution in [1.82, 2.24) is 9.88 Å². The van der Waals surface area contributed by atoms with Crippen LogP contribution in [0.5, 0.6) is 0 Å².